The molecule has 0 spiro atoms. The number of ketones is 1. The molecule has 0 atom stereocenters. The summed E-state index contributed by atoms with van der Waals surface area (Å²) in [4.78, 5) is 11.9. The van der Waals surface area contributed by atoms with Gasteiger partial charge in [0.1, 0.15) is 5.82 Å². The summed E-state index contributed by atoms with van der Waals surface area (Å²) in [6.45, 7) is 0. The topological polar surface area (TPSA) is 17.1 Å². The fraction of sp³-hybridized carbons (Fsp3) is 0.0714. The molecule has 0 saturated carbocycles. The molecule has 0 aliphatic carbocycles. The average molecular weight is 285 g/mol. The van der Waals surface area contributed by atoms with Gasteiger partial charge < -0.3 is 0 Å². The van der Waals surface area contributed by atoms with Crippen molar-refractivity contribution in [3.8, 4) is 0 Å². The summed E-state index contributed by atoms with van der Waals surface area (Å²) in [5, 5.41) is 0.248. The van der Waals surface area contributed by atoms with E-state index in [2.05, 4.69) is 0 Å². The predicted octanol–water partition coefficient (Wildman–Crippen LogP) is 4.18. The molecule has 0 radical (unpaired) electrons. The number of hydrogen-bond acceptors (Lipinski definition) is 1. The van der Waals surface area contributed by atoms with Gasteiger partial charge in [0.2, 0.25) is 0 Å². The quantitative estimate of drug-likeness (QED) is 0.773. The lowest BCUT2D eigenvalue weighted by Crippen LogP contribution is -2.05. The Morgan fingerprint density at radius 2 is 1.74 bits per heavy atom. The Hall–Kier alpha value is -1.81. The van der Waals surface area contributed by atoms with Crippen LogP contribution in [0.3, 0.4) is 0 Å². The van der Waals surface area contributed by atoms with E-state index in [0.29, 0.717) is 5.56 Å². The number of Topliss-reactive ketones (excluding diaryl/α,β-unsaturated/α-hetero) is 1. The molecular weight excluding hydrogens is 277 g/mol. The normalized spacial score (nSPS) is 10.5. The van der Waals surface area contributed by atoms with Gasteiger partial charge in [-0.2, -0.15) is 0 Å². The van der Waals surface area contributed by atoms with Gasteiger partial charge in [0.05, 0.1) is 0 Å². The van der Waals surface area contributed by atoms with Gasteiger partial charge in [-0.15, -0.1) is 0 Å². The molecule has 0 N–H and O–H groups in total. The molecule has 2 rings (SSSR count). The van der Waals surface area contributed by atoms with E-state index in [-0.39, 0.29) is 17.0 Å². The third-order valence-electron chi connectivity index (χ3n) is 2.60. The van der Waals surface area contributed by atoms with Crippen LogP contribution >= 0.6 is 11.6 Å². The predicted molar refractivity (Wildman–Crippen MR) is 65.8 cm³/mol. The highest BCUT2D eigenvalue weighted by Gasteiger charge is 2.13. The van der Waals surface area contributed by atoms with Crippen LogP contribution in [0.5, 0.6) is 0 Å². The lowest BCUT2D eigenvalue weighted by molar-refractivity contribution is 0.0992. The zero-order valence-corrected chi connectivity index (χ0v) is 10.3. The summed E-state index contributed by atoms with van der Waals surface area (Å²) in [5.41, 5.74) is 0.315. The number of rotatable bonds is 3. The summed E-state index contributed by atoms with van der Waals surface area (Å²) < 4.78 is 38.8. The molecule has 0 aromatic heterocycles. The van der Waals surface area contributed by atoms with Crippen molar-refractivity contribution in [2.45, 2.75) is 6.42 Å². The zero-order valence-electron chi connectivity index (χ0n) is 9.59. The molecule has 0 amide bonds. The first-order chi connectivity index (χ1) is 8.97. The minimum absolute atomic E-state index is 0.0132. The molecule has 0 bridgehead atoms. The van der Waals surface area contributed by atoms with Crippen molar-refractivity contribution in [3.63, 3.8) is 0 Å². The van der Waals surface area contributed by atoms with Crippen LogP contribution in [0.15, 0.2) is 36.4 Å². The van der Waals surface area contributed by atoms with Gasteiger partial charge in [-0.3, -0.25) is 4.79 Å². The van der Waals surface area contributed by atoms with Crippen molar-refractivity contribution in [1.82, 2.24) is 0 Å². The number of carbonyl (C=O) groups is 1. The Balaban J connectivity index is 2.25. The average Bonchev–Trinajstić information content (AvgIpc) is 2.37. The molecule has 2 aromatic carbocycles. The zero-order chi connectivity index (χ0) is 14.0. The van der Waals surface area contributed by atoms with Gasteiger partial charge in [0.25, 0.3) is 0 Å². The maximum atomic E-state index is 13.0. The standard InChI is InChI=1S/C14H8ClF3O/c15-11-3-2-10(16)5-9(11)7-14(19)8-1-4-12(17)13(18)6-8/h1-6H,7H2. The second kappa shape index (κ2) is 5.45. The molecule has 2 aromatic rings. The van der Waals surface area contributed by atoms with Gasteiger partial charge in [0.15, 0.2) is 17.4 Å². The molecule has 0 fully saturated rings. The van der Waals surface area contributed by atoms with Crippen molar-refractivity contribution < 1.29 is 18.0 Å². The number of benzene rings is 2. The molecule has 0 saturated heterocycles. The van der Waals surface area contributed by atoms with Crippen LogP contribution in [0.2, 0.25) is 5.02 Å². The lowest BCUT2D eigenvalue weighted by atomic mass is 10.0. The maximum absolute atomic E-state index is 13.0. The molecule has 5 heteroatoms. The number of hydrogen-bond donors (Lipinski definition) is 0. The fourth-order valence-corrected chi connectivity index (χ4v) is 1.81. The van der Waals surface area contributed by atoms with Crippen molar-refractivity contribution in [2.75, 3.05) is 0 Å². The molecule has 0 aliphatic rings. The number of carbonyl (C=O) groups excluding carboxylic acids is 1. The monoisotopic (exact) mass is 284 g/mol. The summed E-state index contributed by atoms with van der Waals surface area (Å²) in [7, 11) is 0. The van der Waals surface area contributed by atoms with E-state index >= 15 is 0 Å². The first-order valence-electron chi connectivity index (χ1n) is 5.39. The molecule has 0 aliphatic heterocycles. The van der Waals surface area contributed by atoms with Crippen LogP contribution in [-0.4, -0.2) is 5.78 Å². The van der Waals surface area contributed by atoms with Crippen LogP contribution in [-0.2, 0) is 6.42 Å². The summed E-state index contributed by atoms with van der Waals surface area (Å²) in [6, 6.07) is 6.51. The van der Waals surface area contributed by atoms with E-state index in [4.69, 9.17) is 11.6 Å². The van der Waals surface area contributed by atoms with Gasteiger partial charge >= 0.3 is 0 Å². The third kappa shape index (κ3) is 3.15. The molecule has 19 heavy (non-hydrogen) atoms. The highest BCUT2D eigenvalue weighted by molar-refractivity contribution is 6.31. The maximum Gasteiger partial charge on any atom is 0.167 e. The van der Waals surface area contributed by atoms with E-state index in [1.165, 1.54) is 18.2 Å². The SMILES string of the molecule is O=C(Cc1cc(F)ccc1Cl)c1ccc(F)c(F)c1. The Morgan fingerprint density at radius 3 is 2.42 bits per heavy atom. The van der Waals surface area contributed by atoms with Crippen LogP contribution in [0.25, 0.3) is 0 Å². The Kier molecular flexibility index (Phi) is 3.90. The summed E-state index contributed by atoms with van der Waals surface area (Å²) >= 11 is 5.83. The van der Waals surface area contributed by atoms with Gasteiger partial charge in [-0.05, 0) is 42.0 Å². The molecule has 1 nitrogen and oxygen atoms in total. The van der Waals surface area contributed by atoms with Crippen molar-refractivity contribution in [2.24, 2.45) is 0 Å². The highest BCUT2D eigenvalue weighted by Crippen LogP contribution is 2.19. The van der Waals surface area contributed by atoms with Crippen molar-refractivity contribution in [3.05, 3.63) is 70.0 Å². The first-order valence-corrected chi connectivity index (χ1v) is 5.77. The second-order valence-corrected chi connectivity index (χ2v) is 4.37. The smallest absolute Gasteiger partial charge is 0.167 e. The van der Waals surface area contributed by atoms with E-state index < -0.39 is 23.2 Å². The minimum atomic E-state index is -1.10. The van der Waals surface area contributed by atoms with Crippen molar-refractivity contribution >= 4 is 17.4 Å². The largest absolute Gasteiger partial charge is 0.294 e. The van der Waals surface area contributed by atoms with Crippen molar-refractivity contribution in [1.29, 1.82) is 0 Å². The van der Waals surface area contributed by atoms with E-state index in [0.717, 1.165) is 18.2 Å². The van der Waals surface area contributed by atoms with E-state index in [9.17, 15) is 18.0 Å². The lowest BCUT2D eigenvalue weighted by Gasteiger charge is -2.04. The number of halogens is 4. The van der Waals surface area contributed by atoms with E-state index in [1.54, 1.807) is 0 Å². The van der Waals surface area contributed by atoms with Crippen LogP contribution in [0.4, 0.5) is 13.2 Å². The first kappa shape index (κ1) is 13.6. The second-order valence-electron chi connectivity index (χ2n) is 3.96. The minimum Gasteiger partial charge on any atom is -0.294 e. The molecule has 0 unspecified atom stereocenters. The van der Waals surface area contributed by atoms with Gasteiger partial charge in [0, 0.05) is 17.0 Å². The molecular formula is C14H8ClF3O. The van der Waals surface area contributed by atoms with Gasteiger partial charge in [-0.1, -0.05) is 11.6 Å². The van der Waals surface area contributed by atoms with Crippen LogP contribution < -0.4 is 0 Å². The summed E-state index contributed by atoms with van der Waals surface area (Å²) in [5.74, 6) is -3.11. The third-order valence-corrected chi connectivity index (χ3v) is 2.97. The Morgan fingerprint density at radius 1 is 1.00 bits per heavy atom. The fourth-order valence-electron chi connectivity index (χ4n) is 1.62. The molecule has 0 heterocycles. The van der Waals surface area contributed by atoms with Crippen LogP contribution in [0, 0.1) is 17.5 Å². The van der Waals surface area contributed by atoms with Crippen LogP contribution in [0.1, 0.15) is 15.9 Å². The Labute approximate surface area is 112 Å². The summed E-state index contributed by atoms with van der Waals surface area (Å²) in [6.07, 6.45) is -0.179. The highest BCUT2D eigenvalue weighted by atomic mass is 35.5. The Bertz CT molecular complexity index is 641. The van der Waals surface area contributed by atoms with E-state index in [1.807, 2.05) is 0 Å². The van der Waals surface area contributed by atoms with Gasteiger partial charge in [-0.25, -0.2) is 13.2 Å². The molecule has 98 valence electrons.